The molecule has 2 rings (SSSR count). The van der Waals surface area contributed by atoms with Crippen LogP contribution in [0.4, 0.5) is 5.69 Å². The number of hydrogen-bond acceptors (Lipinski definition) is 4. The first-order valence-electron chi connectivity index (χ1n) is 5.74. The van der Waals surface area contributed by atoms with Gasteiger partial charge in [0, 0.05) is 23.0 Å². The summed E-state index contributed by atoms with van der Waals surface area (Å²) in [6, 6.07) is 11.0. The highest BCUT2D eigenvalue weighted by molar-refractivity contribution is 8.00. The van der Waals surface area contributed by atoms with Crippen LogP contribution in [0.15, 0.2) is 53.7 Å². The second-order valence-corrected chi connectivity index (χ2v) is 4.80. The first-order chi connectivity index (χ1) is 9.28. The van der Waals surface area contributed by atoms with Crippen molar-refractivity contribution in [3.05, 3.63) is 48.8 Å². The monoisotopic (exact) mass is 274 g/mol. The minimum atomic E-state index is -0.0352. The summed E-state index contributed by atoms with van der Waals surface area (Å²) in [5, 5.41) is 2.83. The number of rotatable bonds is 5. The average molecular weight is 274 g/mol. The number of anilines is 1. The Morgan fingerprint density at radius 2 is 1.89 bits per heavy atom. The highest BCUT2D eigenvalue weighted by Crippen LogP contribution is 2.18. The maximum Gasteiger partial charge on any atom is 0.234 e. The minimum Gasteiger partial charge on any atom is -0.497 e. The predicted octanol–water partition coefficient (Wildman–Crippen LogP) is 2.82. The molecule has 0 saturated heterocycles. The summed E-state index contributed by atoms with van der Waals surface area (Å²) in [6.45, 7) is 0. The van der Waals surface area contributed by atoms with E-state index in [1.54, 1.807) is 19.5 Å². The van der Waals surface area contributed by atoms with E-state index in [0.29, 0.717) is 5.75 Å². The van der Waals surface area contributed by atoms with Crippen LogP contribution in [0, 0.1) is 0 Å². The molecule has 0 saturated carbocycles. The van der Waals surface area contributed by atoms with Gasteiger partial charge in [0.05, 0.1) is 12.9 Å². The predicted molar refractivity (Wildman–Crippen MR) is 76.6 cm³/mol. The molecule has 1 N–H and O–H groups in total. The van der Waals surface area contributed by atoms with E-state index in [2.05, 4.69) is 10.3 Å². The zero-order chi connectivity index (χ0) is 13.5. The zero-order valence-corrected chi connectivity index (χ0v) is 11.3. The van der Waals surface area contributed by atoms with Crippen LogP contribution in [-0.4, -0.2) is 23.8 Å². The number of ether oxygens (including phenoxy) is 1. The van der Waals surface area contributed by atoms with E-state index in [9.17, 15) is 4.79 Å². The molecular weight excluding hydrogens is 260 g/mol. The Morgan fingerprint density at radius 1 is 1.21 bits per heavy atom. The molecule has 4 nitrogen and oxygen atoms in total. The van der Waals surface area contributed by atoms with E-state index in [1.807, 2.05) is 36.4 Å². The van der Waals surface area contributed by atoms with Crippen molar-refractivity contribution < 1.29 is 9.53 Å². The first kappa shape index (κ1) is 13.4. The Kier molecular flexibility index (Phi) is 4.80. The van der Waals surface area contributed by atoms with Crippen molar-refractivity contribution >= 4 is 23.4 Å². The van der Waals surface area contributed by atoms with Gasteiger partial charge < -0.3 is 10.1 Å². The molecule has 0 fully saturated rings. The Hall–Kier alpha value is -2.01. The van der Waals surface area contributed by atoms with Crippen molar-refractivity contribution in [1.29, 1.82) is 0 Å². The van der Waals surface area contributed by atoms with Gasteiger partial charge in [0.1, 0.15) is 5.75 Å². The normalized spacial score (nSPS) is 9.95. The molecule has 19 heavy (non-hydrogen) atoms. The maximum atomic E-state index is 11.8. The summed E-state index contributed by atoms with van der Waals surface area (Å²) in [7, 11) is 1.61. The lowest BCUT2D eigenvalue weighted by Crippen LogP contribution is -2.13. The van der Waals surface area contributed by atoms with Crippen molar-refractivity contribution in [3.8, 4) is 5.75 Å². The molecule has 5 heteroatoms. The van der Waals surface area contributed by atoms with Crippen LogP contribution in [0.5, 0.6) is 5.75 Å². The maximum absolute atomic E-state index is 11.8. The summed E-state index contributed by atoms with van der Waals surface area (Å²) < 4.78 is 5.06. The molecule has 0 unspecified atom stereocenters. The number of hydrogen-bond donors (Lipinski definition) is 1. The van der Waals surface area contributed by atoms with Crippen LogP contribution in [0.2, 0.25) is 0 Å². The number of aromatic nitrogens is 1. The fourth-order valence-corrected chi connectivity index (χ4v) is 2.14. The SMILES string of the molecule is COc1ccc(NC(=O)CSc2ccncc2)cc1. The number of nitrogens with one attached hydrogen (secondary N) is 1. The van der Waals surface area contributed by atoms with Crippen LogP contribution < -0.4 is 10.1 Å². The van der Waals surface area contributed by atoms with E-state index in [1.165, 1.54) is 11.8 Å². The third-order valence-corrected chi connectivity index (χ3v) is 3.41. The standard InChI is InChI=1S/C14H14N2O2S/c1-18-12-4-2-11(3-5-12)16-14(17)10-19-13-6-8-15-9-7-13/h2-9H,10H2,1H3,(H,16,17). The average Bonchev–Trinajstić information content (AvgIpc) is 2.47. The van der Waals surface area contributed by atoms with Gasteiger partial charge in [-0.3, -0.25) is 9.78 Å². The van der Waals surface area contributed by atoms with Crippen molar-refractivity contribution in [2.75, 3.05) is 18.2 Å². The van der Waals surface area contributed by atoms with Gasteiger partial charge in [-0.15, -0.1) is 11.8 Å². The largest absolute Gasteiger partial charge is 0.497 e. The number of thioether (sulfide) groups is 1. The number of carbonyl (C=O) groups excluding carboxylic acids is 1. The van der Waals surface area contributed by atoms with E-state index in [-0.39, 0.29) is 5.91 Å². The van der Waals surface area contributed by atoms with Crippen LogP contribution in [0.25, 0.3) is 0 Å². The van der Waals surface area contributed by atoms with Crippen LogP contribution in [0.1, 0.15) is 0 Å². The summed E-state index contributed by atoms with van der Waals surface area (Å²) >= 11 is 1.48. The molecule has 0 aliphatic heterocycles. The van der Waals surface area contributed by atoms with Crippen molar-refractivity contribution in [1.82, 2.24) is 4.98 Å². The second kappa shape index (κ2) is 6.80. The Morgan fingerprint density at radius 3 is 2.53 bits per heavy atom. The second-order valence-electron chi connectivity index (χ2n) is 3.75. The molecule has 1 aromatic heterocycles. The molecule has 98 valence electrons. The lowest BCUT2D eigenvalue weighted by molar-refractivity contribution is -0.113. The topological polar surface area (TPSA) is 51.2 Å². The third kappa shape index (κ3) is 4.30. The molecule has 1 heterocycles. The number of nitrogens with zero attached hydrogens (tertiary/aromatic N) is 1. The molecule has 1 aromatic carbocycles. The van der Waals surface area contributed by atoms with Gasteiger partial charge in [-0.2, -0.15) is 0 Å². The fraction of sp³-hybridized carbons (Fsp3) is 0.143. The minimum absolute atomic E-state index is 0.0352. The number of amides is 1. The molecule has 2 aromatic rings. The fourth-order valence-electron chi connectivity index (χ4n) is 1.45. The molecule has 0 aliphatic carbocycles. The van der Waals surface area contributed by atoms with Crippen molar-refractivity contribution in [3.63, 3.8) is 0 Å². The summed E-state index contributed by atoms with van der Waals surface area (Å²) in [5.74, 6) is 1.10. The number of carbonyl (C=O) groups is 1. The molecule has 0 bridgehead atoms. The van der Waals surface area contributed by atoms with E-state index in [0.717, 1.165) is 16.3 Å². The van der Waals surface area contributed by atoms with Gasteiger partial charge >= 0.3 is 0 Å². The summed E-state index contributed by atoms with van der Waals surface area (Å²) in [6.07, 6.45) is 3.42. The smallest absolute Gasteiger partial charge is 0.234 e. The molecule has 0 radical (unpaired) electrons. The lowest BCUT2D eigenvalue weighted by atomic mass is 10.3. The van der Waals surface area contributed by atoms with Gasteiger partial charge in [-0.1, -0.05) is 0 Å². The summed E-state index contributed by atoms with van der Waals surface area (Å²) in [4.78, 5) is 16.7. The van der Waals surface area contributed by atoms with Crippen molar-refractivity contribution in [2.45, 2.75) is 4.90 Å². The van der Waals surface area contributed by atoms with Crippen LogP contribution in [-0.2, 0) is 4.79 Å². The lowest BCUT2D eigenvalue weighted by Gasteiger charge is -2.06. The van der Waals surface area contributed by atoms with Gasteiger partial charge in [0.15, 0.2) is 0 Å². The Labute approximate surface area is 116 Å². The van der Waals surface area contributed by atoms with Gasteiger partial charge in [-0.25, -0.2) is 0 Å². The van der Waals surface area contributed by atoms with Gasteiger partial charge in [0.25, 0.3) is 0 Å². The Balaban J connectivity index is 1.83. The quantitative estimate of drug-likeness (QED) is 0.852. The number of benzene rings is 1. The van der Waals surface area contributed by atoms with E-state index < -0.39 is 0 Å². The third-order valence-electron chi connectivity index (χ3n) is 2.39. The first-order valence-corrected chi connectivity index (χ1v) is 6.73. The molecule has 0 aliphatic rings. The van der Waals surface area contributed by atoms with Gasteiger partial charge in [0.2, 0.25) is 5.91 Å². The van der Waals surface area contributed by atoms with Crippen LogP contribution in [0.3, 0.4) is 0 Å². The van der Waals surface area contributed by atoms with Gasteiger partial charge in [-0.05, 0) is 36.4 Å². The van der Waals surface area contributed by atoms with E-state index in [4.69, 9.17) is 4.74 Å². The Bertz CT molecular complexity index is 529. The molecule has 0 spiro atoms. The molecule has 0 atom stereocenters. The number of methoxy groups -OCH3 is 1. The number of pyridine rings is 1. The highest BCUT2D eigenvalue weighted by Gasteiger charge is 2.03. The van der Waals surface area contributed by atoms with E-state index >= 15 is 0 Å². The highest BCUT2D eigenvalue weighted by atomic mass is 32.2. The van der Waals surface area contributed by atoms with Crippen LogP contribution >= 0.6 is 11.8 Å². The zero-order valence-electron chi connectivity index (χ0n) is 10.5. The molecule has 1 amide bonds. The molecular formula is C14H14N2O2S. The summed E-state index contributed by atoms with van der Waals surface area (Å²) in [5.41, 5.74) is 0.765. The van der Waals surface area contributed by atoms with Crippen molar-refractivity contribution in [2.24, 2.45) is 0 Å².